The first-order valence-corrected chi connectivity index (χ1v) is 7.25. The molecule has 0 radical (unpaired) electrons. The summed E-state index contributed by atoms with van der Waals surface area (Å²) in [6.45, 7) is 6.86. The molecule has 2 fully saturated rings. The molecule has 2 saturated heterocycles. The van der Waals surface area contributed by atoms with Gasteiger partial charge in [-0.05, 0) is 24.9 Å². The van der Waals surface area contributed by atoms with Gasteiger partial charge in [0.2, 0.25) is 5.95 Å². The summed E-state index contributed by atoms with van der Waals surface area (Å²) in [5.41, 5.74) is 1.19. The fourth-order valence-corrected chi connectivity index (χ4v) is 2.85. The van der Waals surface area contributed by atoms with Gasteiger partial charge in [0.15, 0.2) is 0 Å². The summed E-state index contributed by atoms with van der Waals surface area (Å²) in [5.74, 6) is 1.44. The Balaban J connectivity index is 1.72. The molecule has 0 amide bonds. The summed E-state index contributed by atoms with van der Waals surface area (Å²) in [5, 5.41) is 3.41. The number of ether oxygens (including phenoxy) is 1. The quantitative estimate of drug-likeness (QED) is 0.856. The van der Waals surface area contributed by atoms with Crippen LogP contribution in [-0.2, 0) is 11.2 Å². The standard InChI is InChI=1S/C14H22N4O/c1-2-11-7-16-14(17-8-11)18-5-6-19-13-9-15-4-3-12(13)10-18/h7-8,12-13,15H,2-6,9-10H2,1H3/t12-,13-/m0/s1. The monoisotopic (exact) mass is 262 g/mol. The first-order valence-electron chi connectivity index (χ1n) is 7.25. The molecule has 2 atom stereocenters. The minimum atomic E-state index is 0.355. The van der Waals surface area contributed by atoms with Gasteiger partial charge < -0.3 is 15.0 Å². The average Bonchev–Trinajstić information content (AvgIpc) is 2.69. The van der Waals surface area contributed by atoms with Crippen LogP contribution in [0.1, 0.15) is 18.9 Å². The second-order valence-corrected chi connectivity index (χ2v) is 5.35. The summed E-state index contributed by atoms with van der Waals surface area (Å²) in [6.07, 6.45) is 6.39. The summed E-state index contributed by atoms with van der Waals surface area (Å²) in [7, 11) is 0. The molecule has 0 bridgehead atoms. The zero-order valence-electron chi connectivity index (χ0n) is 11.5. The third kappa shape index (κ3) is 2.87. The van der Waals surface area contributed by atoms with Crippen LogP contribution in [0.15, 0.2) is 12.4 Å². The second kappa shape index (κ2) is 5.84. The summed E-state index contributed by atoms with van der Waals surface area (Å²) in [4.78, 5) is 11.3. The minimum Gasteiger partial charge on any atom is -0.375 e. The smallest absolute Gasteiger partial charge is 0.225 e. The van der Waals surface area contributed by atoms with E-state index in [9.17, 15) is 0 Å². The number of nitrogens with zero attached hydrogens (tertiary/aromatic N) is 3. The van der Waals surface area contributed by atoms with E-state index < -0.39 is 0 Å². The highest BCUT2D eigenvalue weighted by Crippen LogP contribution is 2.22. The number of hydrogen-bond donors (Lipinski definition) is 1. The van der Waals surface area contributed by atoms with E-state index in [-0.39, 0.29) is 0 Å². The fourth-order valence-electron chi connectivity index (χ4n) is 2.85. The van der Waals surface area contributed by atoms with Crippen molar-refractivity contribution in [3.05, 3.63) is 18.0 Å². The van der Waals surface area contributed by atoms with Crippen molar-refractivity contribution < 1.29 is 4.74 Å². The van der Waals surface area contributed by atoms with Crippen molar-refractivity contribution in [2.45, 2.75) is 25.9 Å². The molecule has 5 heteroatoms. The van der Waals surface area contributed by atoms with Crippen molar-refractivity contribution in [3.63, 3.8) is 0 Å². The number of aromatic nitrogens is 2. The number of hydrogen-bond acceptors (Lipinski definition) is 5. The van der Waals surface area contributed by atoms with E-state index in [0.29, 0.717) is 12.0 Å². The van der Waals surface area contributed by atoms with Crippen molar-refractivity contribution in [2.75, 3.05) is 37.7 Å². The van der Waals surface area contributed by atoms with Crippen LogP contribution in [0.5, 0.6) is 0 Å². The average molecular weight is 262 g/mol. The SMILES string of the molecule is CCc1cnc(N2CCO[C@H]3CNCC[C@H]3C2)nc1. The normalized spacial score (nSPS) is 27.7. The molecule has 0 aromatic carbocycles. The third-order valence-electron chi connectivity index (χ3n) is 4.09. The van der Waals surface area contributed by atoms with Crippen LogP contribution in [0.3, 0.4) is 0 Å². The van der Waals surface area contributed by atoms with Gasteiger partial charge in [0.1, 0.15) is 0 Å². The van der Waals surface area contributed by atoms with E-state index in [1.165, 1.54) is 12.0 Å². The van der Waals surface area contributed by atoms with Crippen molar-refractivity contribution in [3.8, 4) is 0 Å². The van der Waals surface area contributed by atoms with Crippen LogP contribution < -0.4 is 10.2 Å². The maximum atomic E-state index is 5.94. The number of anilines is 1. The molecule has 1 aromatic rings. The lowest BCUT2D eigenvalue weighted by molar-refractivity contribution is 0.0179. The van der Waals surface area contributed by atoms with Crippen LogP contribution in [0, 0.1) is 5.92 Å². The topological polar surface area (TPSA) is 50.3 Å². The highest BCUT2D eigenvalue weighted by molar-refractivity contribution is 5.30. The highest BCUT2D eigenvalue weighted by atomic mass is 16.5. The number of rotatable bonds is 2. The second-order valence-electron chi connectivity index (χ2n) is 5.35. The Labute approximate surface area is 114 Å². The number of piperidine rings is 1. The lowest BCUT2D eigenvalue weighted by Crippen LogP contribution is -2.44. The van der Waals surface area contributed by atoms with E-state index in [4.69, 9.17) is 4.74 Å². The molecule has 3 heterocycles. The van der Waals surface area contributed by atoms with Crippen molar-refractivity contribution in [2.24, 2.45) is 5.92 Å². The molecule has 2 aliphatic rings. The van der Waals surface area contributed by atoms with E-state index in [1.807, 2.05) is 12.4 Å². The Morgan fingerprint density at radius 1 is 1.42 bits per heavy atom. The molecule has 5 nitrogen and oxygen atoms in total. The predicted molar refractivity (Wildman–Crippen MR) is 74.3 cm³/mol. The van der Waals surface area contributed by atoms with Crippen molar-refractivity contribution in [1.82, 2.24) is 15.3 Å². The molecule has 0 aliphatic carbocycles. The van der Waals surface area contributed by atoms with Crippen LogP contribution in [-0.4, -0.2) is 48.9 Å². The molecule has 104 valence electrons. The van der Waals surface area contributed by atoms with Gasteiger partial charge in [-0.2, -0.15) is 0 Å². The van der Waals surface area contributed by atoms with E-state index in [0.717, 1.165) is 45.2 Å². The van der Waals surface area contributed by atoms with Crippen LogP contribution >= 0.6 is 0 Å². The van der Waals surface area contributed by atoms with E-state index in [1.54, 1.807) is 0 Å². The molecule has 0 spiro atoms. The molecule has 1 aromatic heterocycles. The maximum Gasteiger partial charge on any atom is 0.225 e. The molecule has 3 rings (SSSR count). The van der Waals surface area contributed by atoms with Crippen LogP contribution in [0.25, 0.3) is 0 Å². The zero-order valence-corrected chi connectivity index (χ0v) is 11.5. The lowest BCUT2D eigenvalue weighted by Gasteiger charge is -2.31. The summed E-state index contributed by atoms with van der Waals surface area (Å²) >= 11 is 0. The van der Waals surface area contributed by atoms with Crippen molar-refractivity contribution >= 4 is 5.95 Å². The Kier molecular flexibility index (Phi) is 3.94. The van der Waals surface area contributed by atoms with Crippen LogP contribution in [0.4, 0.5) is 5.95 Å². The first kappa shape index (κ1) is 12.8. The fraction of sp³-hybridized carbons (Fsp3) is 0.714. The molecule has 0 unspecified atom stereocenters. The zero-order chi connectivity index (χ0) is 13.1. The maximum absolute atomic E-state index is 5.94. The van der Waals surface area contributed by atoms with Gasteiger partial charge in [0, 0.05) is 37.9 Å². The molecule has 19 heavy (non-hydrogen) atoms. The van der Waals surface area contributed by atoms with Crippen molar-refractivity contribution in [1.29, 1.82) is 0 Å². The van der Waals surface area contributed by atoms with Gasteiger partial charge >= 0.3 is 0 Å². The molecule has 0 saturated carbocycles. The number of fused-ring (bicyclic) bond motifs is 1. The van der Waals surface area contributed by atoms with Gasteiger partial charge in [-0.3, -0.25) is 0 Å². The van der Waals surface area contributed by atoms with Gasteiger partial charge in [-0.15, -0.1) is 0 Å². The largest absolute Gasteiger partial charge is 0.375 e. The Hall–Kier alpha value is -1.20. The molecule has 1 N–H and O–H groups in total. The summed E-state index contributed by atoms with van der Waals surface area (Å²) < 4.78 is 5.94. The molecular weight excluding hydrogens is 240 g/mol. The van der Waals surface area contributed by atoms with Gasteiger partial charge in [-0.25, -0.2) is 9.97 Å². The third-order valence-corrected chi connectivity index (χ3v) is 4.09. The minimum absolute atomic E-state index is 0.355. The predicted octanol–water partition coefficient (Wildman–Crippen LogP) is 0.854. The molecular formula is C14H22N4O. The van der Waals surface area contributed by atoms with E-state index in [2.05, 4.69) is 27.1 Å². The number of aryl methyl sites for hydroxylation is 1. The van der Waals surface area contributed by atoms with Gasteiger partial charge in [0.25, 0.3) is 0 Å². The summed E-state index contributed by atoms with van der Waals surface area (Å²) in [6, 6.07) is 0. The Morgan fingerprint density at radius 2 is 2.26 bits per heavy atom. The Morgan fingerprint density at radius 3 is 3.05 bits per heavy atom. The Bertz CT molecular complexity index is 408. The van der Waals surface area contributed by atoms with E-state index >= 15 is 0 Å². The van der Waals surface area contributed by atoms with Crippen LogP contribution in [0.2, 0.25) is 0 Å². The lowest BCUT2D eigenvalue weighted by atomic mass is 9.95. The van der Waals surface area contributed by atoms with Gasteiger partial charge in [0.05, 0.1) is 12.7 Å². The molecule has 2 aliphatic heterocycles. The first-order chi connectivity index (χ1) is 9.36. The van der Waals surface area contributed by atoms with Gasteiger partial charge in [-0.1, -0.05) is 6.92 Å². The number of nitrogens with one attached hydrogen (secondary N) is 1. The highest BCUT2D eigenvalue weighted by Gasteiger charge is 2.30.